The summed E-state index contributed by atoms with van der Waals surface area (Å²) < 4.78 is 0. The van der Waals surface area contributed by atoms with Gasteiger partial charge in [0.25, 0.3) is 0 Å². The van der Waals surface area contributed by atoms with E-state index in [0.29, 0.717) is 0 Å². The molecule has 1 heterocycles. The summed E-state index contributed by atoms with van der Waals surface area (Å²) in [5, 5.41) is 3.39. The van der Waals surface area contributed by atoms with Crippen molar-refractivity contribution in [2.45, 2.75) is 32.2 Å². The average Bonchev–Trinajstić information content (AvgIpc) is 2.54. The predicted molar refractivity (Wildman–Crippen MR) is 60.2 cm³/mol. The van der Waals surface area contributed by atoms with Gasteiger partial charge in [-0.15, -0.1) is 0 Å². The molecule has 0 saturated heterocycles. The highest BCUT2D eigenvalue weighted by Gasteiger charge is 2.08. The second kappa shape index (κ2) is 5.17. The number of rotatable bonds is 6. The van der Waals surface area contributed by atoms with E-state index in [0.717, 1.165) is 25.9 Å². The maximum absolute atomic E-state index is 5.87. The molecule has 1 aromatic rings. The van der Waals surface area contributed by atoms with Gasteiger partial charge < -0.3 is 16.0 Å². The van der Waals surface area contributed by atoms with E-state index in [2.05, 4.69) is 30.2 Å². The molecule has 0 aromatic carbocycles. The molecule has 0 fully saturated rings. The van der Waals surface area contributed by atoms with Crippen molar-refractivity contribution in [3.63, 3.8) is 0 Å². The molecule has 0 bridgehead atoms. The zero-order valence-corrected chi connectivity index (χ0v) is 9.14. The van der Waals surface area contributed by atoms with Crippen LogP contribution in [0.3, 0.4) is 0 Å². The Balaban J connectivity index is 2.00. The third-order valence-corrected chi connectivity index (χ3v) is 2.20. The Hall–Kier alpha value is -0.800. The lowest BCUT2D eigenvalue weighted by Gasteiger charge is -2.18. The lowest BCUT2D eigenvalue weighted by molar-refractivity contribution is 0.456. The van der Waals surface area contributed by atoms with E-state index in [-0.39, 0.29) is 5.54 Å². The number of aromatic amines is 1. The van der Waals surface area contributed by atoms with Crippen LogP contribution in [-0.4, -0.2) is 23.6 Å². The number of nitrogens with two attached hydrogens (primary N) is 1. The first-order valence-corrected chi connectivity index (χ1v) is 5.19. The summed E-state index contributed by atoms with van der Waals surface area (Å²) in [4.78, 5) is 3.05. The van der Waals surface area contributed by atoms with Gasteiger partial charge in [-0.05, 0) is 51.4 Å². The van der Waals surface area contributed by atoms with Crippen LogP contribution in [0, 0.1) is 0 Å². The highest BCUT2D eigenvalue weighted by Crippen LogP contribution is 2.01. The maximum atomic E-state index is 5.87. The van der Waals surface area contributed by atoms with Crippen LogP contribution >= 0.6 is 0 Å². The molecule has 1 rings (SSSR count). The van der Waals surface area contributed by atoms with Gasteiger partial charge in [0.2, 0.25) is 0 Å². The van der Waals surface area contributed by atoms with Crippen molar-refractivity contribution >= 4 is 0 Å². The summed E-state index contributed by atoms with van der Waals surface area (Å²) in [5.41, 5.74) is 7.16. The molecule has 80 valence electrons. The van der Waals surface area contributed by atoms with Crippen LogP contribution in [0.5, 0.6) is 0 Å². The molecule has 14 heavy (non-hydrogen) atoms. The Morgan fingerprint density at radius 2 is 2.21 bits per heavy atom. The van der Waals surface area contributed by atoms with Crippen molar-refractivity contribution in [3.8, 4) is 0 Å². The fraction of sp³-hybridized carbons (Fsp3) is 0.636. The van der Waals surface area contributed by atoms with Gasteiger partial charge in [0.15, 0.2) is 0 Å². The highest BCUT2D eigenvalue weighted by molar-refractivity contribution is 5.08. The second-order valence-corrected chi connectivity index (χ2v) is 4.46. The molecule has 0 aliphatic rings. The highest BCUT2D eigenvalue weighted by atomic mass is 14.9. The van der Waals surface area contributed by atoms with Crippen LogP contribution < -0.4 is 11.1 Å². The largest absolute Gasteiger partial charge is 0.367 e. The van der Waals surface area contributed by atoms with Gasteiger partial charge in [-0.1, -0.05) is 0 Å². The number of aromatic nitrogens is 1. The van der Waals surface area contributed by atoms with E-state index in [1.165, 1.54) is 5.56 Å². The van der Waals surface area contributed by atoms with Gasteiger partial charge in [0, 0.05) is 17.9 Å². The Labute approximate surface area is 86.1 Å². The summed E-state index contributed by atoms with van der Waals surface area (Å²) in [6.07, 6.45) is 6.08. The minimum absolute atomic E-state index is 0.0545. The van der Waals surface area contributed by atoms with Gasteiger partial charge >= 0.3 is 0 Å². The van der Waals surface area contributed by atoms with Gasteiger partial charge in [0.1, 0.15) is 0 Å². The molecule has 3 nitrogen and oxygen atoms in total. The minimum atomic E-state index is -0.0545. The standard InChI is InChI=1S/C11H21N3/c1-11(2,12)5-8-13-6-3-10-4-7-14-9-10/h4,7,9,13-14H,3,5-6,8,12H2,1-2H3. The molecule has 0 saturated carbocycles. The normalized spacial score (nSPS) is 11.9. The van der Waals surface area contributed by atoms with E-state index in [1.54, 1.807) is 0 Å². The van der Waals surface area contributed by atoms with E-state index < -0.39 is 0 Å². The first-order chi connectivity index (χ1) is 6.58. The van der Waals surface area contributed by atoms with Crippen molar-refractivity contribution in [2.24, 2.45) is 5.73 Å². The zero-order valence-electron chi connectivity index (χ0n) is 9.14. The fourth-order valence-corrected chi connectivity index (χ4v) is 1.28. The van der Waals surface area contributed by atoms with Crippen molar-refractivity contribution in [3.05, 3.63) is 24.0 Å². The molecule has 0 radical (unpaired) electrons. The molecule has 0 spiro atoms. The van der Waals surface area contributed by atoms with Crippen LogP contribution in [0.25, 0.3) is 0 Å². The Morgan fingerprint density at radius 3 is 2.79 bits per heavy atom. The number of H-pyrrole nitrogens is 1. The lowest BCUT2D eigenvalue weighted by Crippen LogP contribution is -2.36. The summed E-state index contributed by atoms with van der Waals surface area (Å²) >= 11 is 0. The molecular weight excluding hydrogens is 174 g/mol. The quantitative estimate of drug-likeness (QED) is 0.599. The summed E-state index contributed by atoms with van der Waals surface area (Å²) in [6.45, 7) is 6.13. The van der Waals surface area contributed by atoms with Gasteiger partial charge in [0.05, 0.1) is 0 Å². The van der Waals surface area contributed by atoms with Gasteiger partial charge in [-0.3, -0.25) is 0 Å². The van der Waals surface area contributed by atoms with Gasteiger partial charge in [-0.2, -0.15) is 0 Å². The predicted octanol–water partition coefficient (Wildman–Crippen LogP) is 1.27. The Kier molecular flexibility index (Phi) is 4.17. The number of hydrogen-bond donors (Lipinski definition) is 3. The summed E-state index contributed by atoms with van der Waals surface area (Å²) in [7, 11) is 0. The molecule has 3 heteroatoms. The van der Waals surface area contributed by atoms with Crippen molar-refractivity contribution in [1.29, 1.82) is 0 Å². The molecule has 0 aliphatic carbocycles. The third kappa shape index (κ3) is 5.04. The molecule has 0 aliphatic heterocycles. The molecule has 0 atom stereocenters. The van der Waals surface area contributed by atoms with Crippen LogP contribution in [-0.2, 0) is 6.42 Å². The average molecular weight is 195 g/mol. The molecule has 1 aromatic heterocycles. The van der Waals surface area contributed by atoms with Crippen molar-refractivity contribution in [1.82, 2.24) is 10.3 Å². The Bertz CT molecular complexity index is 234. The molecule has 0 unspecified atom stereocenters. The smallest absolute Gasteiger partial charge is 0.0109 e. The van der Waals surface area contributed by atoms with Gasteiger partial charge in [-0.25, -0.2) is 0 Å². The van der Waals surface area contributed by atoms with E-state index in [9.17, 15) is 0 Å². The minimum Gasteiger partial charge on any atom is -0.367 e. The molecule has 0 amide bonds. The number of hydrogen-bond acceptors (Lipinski definition) is 2. The van der Waals surface area contributed by atoms with Crippen molar-refractivity contribution < 1.29 is 0 Å². The first-order valence-electron chi connectivity index (χ1n) is 5.19. The topological polar surface area (TPSA) is 53.8 Å². The molecular formula is C11H21N3. The SMILES string of the molecule is CC(C)(N)CCNCCc1cc[nH]c1. The summed E-state index contributed by atoms with van der Waals surface area (Å²) in [6, 6.07) is 2.11. The lowest BCUT2D eigenvalue weighted by atomic mass is 10.0. The van der Waals surface area contributed by atoms with E-state index in [4.69, 9.17) is 5.73 Å². The van der Waals surface area contributed by atoms with E-state index in [1.807, 2.05) is 12.4 Å². The summed E-state index contributed by atoms with van der Waals surface area (Å²) in [5.74, 6) is 0. The van der Waals surface area contributed by atoms with Crippen LogP contribution in [0.4, 0.5) is 0 Å². The second-order valence-electron chi connectivity index (χ2n) is 4.46. The van der Waals surface area contributed by atoms with Crippen LogP contribution in [0.1, 0.15) is 25.8 Å². The first kappa shape index (κ1) is 11.3. The maximum Gasteiger partial charge on any atom is 0.0109 e. The van der Waals surface area contributed by atoms with Crippen molar-refractivity contribution in [2.75, 3.05) is 13.1 Å². The molecule has 4 N–H and O–H groups in total. The van der Waals surface area contributed by atoms with Crippen LogP contribution in [0.15, 0.2) is 18.5 Å². The Morgan fingerprint density at radius 1 is 1.43 bits per heavy atom. The van der Waals surface area contributed by atoms with Crippen LogP contribution in [0.2, 0.25) is 0 Å². The fourth-order valence-electron chi connectivity index (χ4n) is 1.28. The zero-order chi connectivity index (χ0) is 10.4. The third-order valence-electron chi connectivity index (χ3n) is 2.20. The number of nitrogens with one attached hydrogen (secondary N) is 2. The monoisotopic (exact) mass is 195 g/mol. The van der Waals surface area contributed by atoms with E-state index >= 15 is 0 Å².